The molecule has 1 aliphatic rings. The van der Waals surface area contributed by atoms with E-state index < -0.39 is 0 Å². The van der Waals surface area contributed by atoms with Crippen LogP contribution in [0.2, 0.25) is 0 Å². The van der Waals surface area contributed by atoms with Crippen LogP contribution in [0.4, 0.5) is 5.69 Å². The number of rotatable bonds is 4. The Balaban J connectivity index is 1.70. The molecule has 3 heteroatoms. The van der Waals surface area contributed by atoms with Gasteiger partial charge >= 0.3 is 0 Å². The first-order valence-electron chi connectivity index (χ1n) is 7.80. The fourth-order valence-corrected chi connectivity index (χ4v) is 3.02. The Labute approximate surface area is 131 Å². The zero-order valence-electron chi connectivity index (χ0n) is 13.1. The Morgan fingerprint density at radius 1 is 1.23 bits per heavy atom. The van der Waals surface area contributed by atoms with Crippen molar-refractivity contribution in [2.75, 3.05) is 11.5 Å². The predicted octanol–water partition coefficient (Wildman–Crippen LogP) is 3.61. The number of hydrogen-bond acceptors (Lipinski definition) is 2. The van der Waals surface area contributed by atoms with Crippen molar-refractivity contribution in [1.29, 1.82) is 0 Å². The average molecular weight is 295 g/mol. The predicted molar refractivity (Wildman–Crippen MR) is 88.4 cm³/mol. The van der Waals surface area contributed by atoms with Crippen LogP contribution in [0, 0.1) is 0 Å². The van der Waals surface area contributed by atoms with Gasteiger partial charge in [0.25, 0.3) is 5.91 Å². The van der Waals surface area contributed by atoms with Crippen molar-refractivity contribution in [3.63, 3.8) is 0 Å². The molecule has 0 saturated carbocycles. The maximum absolute atomic E-state index is 12.5. The van der Waals surface area contributed by atoms with E-state index in [4.69, 9.17) is 4.74 Å². The Bertz CT molecular complexity index is 681. The molecule has 1 aliphatic heterocycles. The van der Waals surface area contributed by atoms with Crippen LogP contribution >= 0.6 is 0 Å². The normalized spacial score (nSPS) is 16.5. The Kier molecular flexibility index (Phi) is 4.14. The quantitative estimate of drug-likeness (QED) is 0.862. The summed E-state index contributed by atoms with van der Waals surface area (Å²) in [6.45, 7) is 4.26. The standard InChI is InChI=1S/C19H21NO2/c1-3-15-7-6-9-17(12-15)22-13-19(21)20-14(2)11-16-8-4-5-10-18(16)20/h4-10,12,14H,3,11,13H2,1-2H3. The number of para-hydroxylation sites is 1. The highest BCUT2D eigenvalue weighted by atomic mass is 16.5. The van der Waals surface area contributed by atoms with Gasteiger partial charge in [0.2, 0.25) is 0 Å². The maximum atomic E-state index is 12.5. The van der Waals surface area contributed by atoms with E-state index in [1.54, 1.807) is 0 Å². The fraction of sp³-hybridized carbons (Fsp3) is 0.316. The van der Waals surface area contributed by atoms with Crippen molar-refractivity contribution in [1.82, 2.24) is 0 Å². The zero-order valence-corrected chi connectivity index (χ0v) is 13.1. The van der Waals surface area contributed by atoms with E-state index in [1.807, 2.05) is 41.3 Å². The van der Waals surface area contributed by atoms with E-state index in [-0.39, 0.29) is 18.6 Å². The van der Waals surface area contributed by atoms with Crippen LogP contribution in [0.15, 0.2) is 48.5 Å². The highest BCUT2D eigenvalue weighted by Crippen LogP contribution is 2.31. The van der Waals surface area contributed by atoms with E-state index in [9.17, 15) is 4.79 Å². The Morgan fingerprint density at radius 2 is 2.05 bits per heavy atom. The molecule has 1 unspecified atom stereocenters. The number of carbonyl (C=O) groups is 1. The SMILES string of the molecule is CCc1cccc(OCC(=O)N2c3ccccc3CC2C)c1. The lowest BCUT2D eigenvalue weighted by atomic mass is 10.1. The third-order valence-corrected chi connectivity index (χ3v) is 4.14. The molecular formula is C19H21NO2. The van der Waals surface area contributed by atoms with E-state index in [1.165, 1.54) is 11.1 Å². The Hall–Kier alpha value is -2.29. The van der Waals surface area contributed by atoms with Crippen molar-refractivity contribution in [3.8, 4) is 5.75 Å². The van der Waals surface area contributed by atoms with Crippen molar-refractivity contribution in [2.45, 2.75) is 32.7 Å². The van der Waals surface area contributed by atoms with Gasteiger partial charge in [-0.05, 0) is 49.1 Å². The molecule has 0 radical (unpaired) electrons. The van der Waals surface area contributed by atoms with Crippen LogP contribution in [-0.4, -0.2) is 18.6 Å². The van der Waals surface area contributed by atoms with E-state index in [0.29, 0.717) is 0 Å². The summed E-state index contributed by atoms with van der Waals surface area (Å²) in [5.74, 6) is 0.771. The minimum atomic E-state index is 0.0133. The summed E-state index contributed by atoms with van der Waals surface area (Å²) in [6, 6.07) is 16.2. The molecule has 0 fully saturated rings. The monoisotopic (exact) mass is 295 g/mol. The number of nitrogens with zero attached hydrogens (tertiary/aromatic N) is 1. The van der Waals surface area contributed by atoms with Gasteiger partial charge in [0, 0.05) is 11.7 Å². The molecule has 3 rings (SSSR count). The third kappa shape index (κ3) is 2.84. The van der Waals surface area contributed by atoms with Gasteiger partial charge in [0.1, 0.15) is 5.75 Å². The zero-order chi connectivity index (χ0) is 15.5. The summed E-state index contributed by atoms with van der Waals surface area (Å²) < 4.78 is 5.69. The number of aryl methyl sites for hydroxylation is 1. The number of benzene rings is 2. The van der Waals surface area contributed by atoms with Crippen molar-refractivity contribution < 1.29 is 9.53 Å². The second kappa shape index (κ2) is 6.22. The first kappa shape index (κ1) is 14.6. The molecule has 0 bridgehead atoms. The second-order valence-electron chi connectivity index (χ2n) is 5.74. The topological polar surface area (TPSA) is 29.5 Å². The first-order valence-corrected chi connectivity index (χ1v) is 7.80. The van der Waals surface area contributed by atoms with Gasteiger partial charge < -0.3 is 9.64 Å². The van der Waals surface area contributed by atoms with Crippen LogP contribution in [0.1, 0.15) is 25.0 Å². The minimum absolute atomic E-state index is 0.0133. The lowest BCUT2D eigenvalue weighted by molar-refractivity contribution is -0.120. The van der Waals surface area contributed by atoms with E-state index >= 15 is 0 Å². The molecule has 0 saturated heterocycles. The molecule has 2 aromatic carbocycles. The molecule has 0 aromatic heterocycles. The number of fused-ring (bicyclic) bond motifs is 1. The van der Waals surface area contributed by atoms with Crippen LogP contribution in [0.3, 0.4) is 0 Å². The van der Waals surface area contributed by atoms with Gasteiger partial charge in [-0.15, -0.1) is 0 Å². The molecule has 1 amide bonds. The minimum Gasteiger partial charge on any atom is -0.484 e. The van der Waals surface area contributed by atoms with Crippen molar-refractivity contribution >= 4 is 11.6 Å². The molecule has 114 valence electrons. The molecule has 0 aliphatic carbocycles. The van der Waals surface area contributed by atoms with E-state index in [0.717, 1.165) is 24.3 Å². The highest BCUT2D eigenvalue weighted by molar-refractivity contribution is 5.97. The summed E-state index contributed by atoms with van der Waals surface area (Å²) in [5, 5.41) is 0. The van der Waals surface area contributed by atoms with Crippen molar-refractivity contribution in [3.05, 3.63) is 59.7 Å². The Morgan fingerprint density at radius 3 is 2.86 bits per heavy atom. The average Bonchev–Trinajstić information content (AvgIpc) is 2.88. The largest absolute Gasteiger partial charge is 0.484 e. The summed E-state index contributed by atoms with van der Waals surface area (Å²) in [7, 11) is 0. The van der Waals surface area contributed by atoms with Crippen LogP contribution in [-0.2, 0) is 17.6 Å². The van der Waals surface area contributed by atoms with Gasteiger partial charge in [-0.25, -0.2) is 0 Å². The number of hydrogen-bond donors (Lipinski definition) is 0. The van der Waals surface area contributed by atoms with Gasteiger partial charge in [-0.3, -0.25) is 4.79 Å². The van der Waals surface area contributed by atoms with Gasteiger partial charge in [-0.2, -0.15) is 0 Å². The molecule has 1 heterocycles. The number of carbonyl (C=O) groups excluding carboxylic acids is 1. The van der Waals surface area contributed by atoms with Gasteiger partial charge in [-0.1, -0.05) is 37.3 Å². The maximum Gasteiger partial charge on any atom is 0.265 e. The molecule has 3 nitrogen and oxygen atoms in total. The van der Waals surface area contributed by atoms with Crippen LogP contribution < -0.4 is 9.64 Å². The second-order valence-corrected chi connectivity index (χ2v) is 5.74. The van der Waals surface area contributed by atoms with Crippen LogP contribution in [0.25, 0.3) is 0 Å². The fourth-order valence-electron chi connectivity index (χ4n) is 3.02. The van der Waals surface area contributed by atoms with Gasteiger partial charge in [0.05, 0.1) is 0 Å². The summed E-state index contributed by atoms with van der Waals surface area (Å²) in [5.41, 5.74) is 3.46. The smallest absolute Gasteiger partial charge is 0.265 e. The summed E-state index contributed by atoms with van der Waals surface area (Å²) >= 11 is 0. The number of amides is 1. The lowest BCUT2D eigenvalue weighted by Crippen LogP contribution is -2.39. The molecule has 0 N–H and O–H groups in total. The molecule has 0 spiro atoms. The highest BCUT2D eigenvalue weighted by Gasteiger charge is 2.30. The first-order chi connectivity index (χ1) is 10.7. The molecule has 2 aromatic rings. The summed E-state index contributed by atoms with van der Waals surface area (Å²) in [6.07, 6.45) is 1.87. The summed E-state index contributed by atoms with van der Waals surface area (Å²) in [4.78, 5) is 14.4. The van der Waals surface area contributed by atoms with Crippen molar-refractivity contribution in [2.24, 2.45) is 0 Å². The third-order valence-electron chi connectivity index (χ3n) is 4.14. The number of anilines is 1. The molecular weight excluding hydrogens is 274 g/mol. The van der Waals surface area contributed by atoms with Crippen LogP contribution in [0.5, 0.6) is 5.75 Å². The lowest BCUT2D eigenvalue weighted by Gasteiger charge is -2.22. The molecule has 1 atom stereocenters. The van der Waals surface area contributed by atoms with Gasteiger partial charge in [0.15, 0.2) is 6.61 Å². The molecule has 22 heavy (non-hydrogen) atoms. The van der Waals surface area contributed by atoms with E-state index in [2.05, 4.69) is 26.0 Å². The number of ether oxygens (including phenoxy) is 1.